The molecule has 1 aromatic heterocycles. The van der Waals surface area contributed by atoms with E-state index in [0.717, 1.165) is 24.1 Å². The third-order valence-corrected chi connectivity index (χ3v) is 5.07. The van der Waals surface area contributed by atoms with Crippen molar-refractivity contribution in [1.82, 2.24) is 9.97 Å². The van der Waals surface area contributed by atoms with E-state index in [9.17, 15) is 9.18 Å². The minimum atomic E-state index is -0.258. The van der Waals surface area contributed by atoms with Gasteiger partial charge in [-0.2, -0.15) is 0 Å². The van der Waals surface area contributed by atoms with Crippen LogP contribution in [0.3, 0.4) is 0 Å². The summed E-state index contributed by atoms with van der Waals surface area (Å²) in [6.07, 6.45) is 7.56. The van der Waals surface area contributed by atoms with Gasteiger partial charge < -0.3 is 5.32 Å². The summed E-state index contributed by atoms with van der Waals surface area (Å²) in [5, 5.41) is 3.38. The highest BCUT2D eigenvalue weighted by Crippen LogP contribution is 2.32. The number of nitrogens with zero attached hydrogens (tertiary/aromatic N) is 2. The normalized spacial score (nSPS) is 20.9. The van der Waals surface area contributed by atoms with Crippen LogP contribution in [0.5, 0.6) is 0 Å². The number of nitrogens with one attached hydrogen (secondary N) is 1. The van der Waals surface area contributed by atoms with E-state index in [2.05, 4.69) is 15.3 Å². The third kappa shape index (κ3) is 3.03. The van der Waals surface area contributed by atoms with Gasteiger partial charge in [-0.3, -0.25) is 4.79 Å². The van der Waals surface area contributed by atoms with Crippen LogP contribution in [-0.2, 0) is 6.42 Å². The summed E-state index contributed by atoms with van der Waals surface area (Å²) in [5.41, 5.74) is 2.42. The van der Waals surface area contributed by atoms with Gasteiger partial charge in [0, 0.05) is 18.7 Å². The van der Waals surface area contributed by atoms with E-state index in [4.69, 9.17) is 0 Å². The SMILES string of the molecule is O=C1CC(c2ccc(F)cc2)Cc2nc(NC3CCCC3)ncc21. The average Bonchev–Trinajstić information content (AvgIpc) is 3.08. The standard InChI is InChI=1S/C19H20FN3O/c20-14-7-5-12(6-8-14)13-9-17-16(18(24)10-13)11-21-19(23-17)22-15-3-1-2-4-15/h5-8,11,13,15H,1-4,9-10H2,(H,21,22,23). The number of ketones is 1. The number of fused-ring (bicyclic) bond motifs is 1. The lowest BCUT2D eigenvalue weighted by Crippen LogP contribution is -2.23. The van der Waals surface area contributed by atoms with Gasteiger partial charge in [0.1, 0.15) is 5.82 Å². The highest BCUT2D eigenvalue weighted by Gasteiger charge is 2.28. The molecule has 2 aliphatic carbocycles. The molecule has 0 spiro atoms. The van der Waals surface area contributed by atoms with Crippen molar-refractivity contribution in [1.29, 1.82) is 0 Å². The maximum atomic E-state index is 13.1. The van der Waals surface area contributed by atoms with Gasteiger partial charge in [0.15, 0.2) is 5.78 Å². The molecule has 1 saturated carbocycles. The zero-order chi connectivity index (χ0) is 16.5. The van der Waals surface area contributed by atoms with Crippen molar-refractivity contribution in [2.75, 3.05) is 5.32 Å². The Labute approximate surface area is 140 Å². The molecule has 1 N–H and O–H groups in total. The Morgan fingerprint density at radius 3 is 2.58 bits per heavy atom. The van der Waals surface area contributed by atoms with Gasteiger partial charge in [0.25, 0.3) is 0 Å². The number of aromatic nitrogens is 2. The molecule has 124 valence electrons. The molecule has 5 heteroatoms. The van der Waals surface area contributed by atoms with Crippen LogP contribution >= 0.6 is 0 Å². The number of hydrogen-bond donors (Lipinski definition) is 1. The lowest BCUT2D eigenvalue weighted by molar-refractivity contribution is 0.0962. The predicted octanol–water partition coefficient (Wildman–Crippen LogP) is 3.88. The lowest BCUT2D eigenvalue weighted by atomic mass is 9.82. The lowest BCUT2D eigenvalue weighted by Gasteiger charge is -2.23. The first kappa shape index (κ1) is 15.2. The Morgan fingerprint density at radius 2 is 1.83 bits per heavy atom. The molecule has 4 rings (SSSR count). The zero-order valence-electron chi connectivity index (χ0n) is 13.5. The first-order valence-corrected chi connectivity index (χ1v) is 8.60. The first-order valence-electron chi connectivity index (χ1n) is 8.60. The average molecular weight is 325 g/mol. The van der Waals surface area contributed by atoms with E-state index in [1.807, 2.05) is 0 Å². The molecule has 4 nitrogen and oxygen atoms in total. The number of carbonyl (C=O) groups excluding carboxylic acids is 1. The zero-order valence-corrected chi connectivity index (χ0v) is 13.5. The van der Waals surface area contributed by atoms with E-state index >= 15 is 0 Å². The second kappa shape index (κ2) is 6.30. The molecule has 1 unspecified atom stereocenters. The van der Waals surface area contributed by atoms with E-state index in [1.54, 1.807) is 18.3 Å². The summed E-state index contributed by atoms with van der Waals surface area (Å²) in [6.45, 7) is 0. The second-order valence-electron chi connectivity index (χ2n) is 6.76. The summed E-state index contributed by atoms with van der Waals surface area (Å²) in [6, 6.07) is 6.86. The maximum absolute atomic E-state index is 13.1. The van der Waals surface area contributed by atoms with Gasteiger partial charge >= 0.3 is 0 Å². The summed E-state index contributed by atoms with van der Waals surface area (Å²) in [4.78, 5) is 21.3. The largest absolute Gasteiger partial charge is 0.351 e. The number of halogens is 1. The fourth-order valence-corrected chi connectivity index (χ4v) is 3.74. The highest BCUT2D eigenvalue weighted by molar-refractivity contribution is 5.98. The van der Waals surface area contributed by atoms with Gasteiger partial charge in [-0.25, -0.2) is 14.4 Å². The van der Waals surface area contributed by atoms with Crippen LogP contribution in [-0.4, -0.2) is 21.8 Å². The Kier molecular flexibility index (Phi) is 4.00. The Balaban J connectivity index is 1.57. The van der Waals surface area contributed by atoms with Crippen molar-refractivity contribution in [3.05, 3.63) is 53.1 Å². The van der Waals surface area contributed by atoms with E-state index in [-0.39, 0.29) is 17.5 Å². The molecule has 1 heterocycles. The monoisotopic (exact) mass is 325 g/mol. The van der Waals surface area contributed by atoms with Crippen molar-refractivity contribution in [3.63, 3.8) is 0 Å². The molecular weight excluding hydrogens is 305 g/mol. The molecule has 24 heavy (non-hydrogen) atoms. The molecule has 0 saturated heterocycles. The molecule has 0 radical (unpaired) electrons. The maximum Gasteiger partial charge on any atom is 0.223 e. The van der Waals surface area contributed by atoms with Crippen LogP contribution in [0.4, 0.5) is 10.3 Å². The van der Waals surface area contributed by atoms with Gasteiger partial charge in [-0.15, -0.1) is 0 Å². The van der Waals surface area contributed by atoms with E-state index in [0.29, 0.717) is 30.4 Å². The summed E-state index contributed by atoms with van der Waals surface area (Å²) in [7, 11) is 0. The number of benzene rings is 1. The second-order valence-corrected chi connectivity index (χ2v) is 6.76. The van der Waals surface area contributed by atoms with Crippen molar-refractivity contribution in [2.45, 2.75) is 50.5 Å². The number of hydrogen-bond acceptors (Lipinski definition) is 4. The topological polar surface area (TPSA) is 54.9 Å². The number of carbonyl (C=O) groups is 1. The molecule has 0 aliphatic heterocycles. The number of rotatable bonds is 3. The fourth-order valence-electron chi connectivity index (χ4n) is 3.74. The molecule has 2 aliphatic rings. The van der Waals surface area contributed by atoms with Crippen LogP contribution in [0.1, 0.15) is 59.6 Å². The molecular formula is C19H20FN3O. The van der Waals surface area contributed by atoms with Crippen LogP contribution in [0.15, 0.2) is 30.5 Å². The molecule has 0 amide bonds. The molecule has 1 aromatic carbocycles. The van der Waals surface area contributed by atoms with Crippen molar-refractivity contribution >= 4 is 11.7 Å². The molecule has 0 bridgehead atoms. The quantitative estimate of drug-likeness (QED) is 0.930. The highest BCUT2D eigenvalue weighted by atomic mass is 19.1. The van der Waals surface area contributed by atoms with E-state index < -0.39 is 0 Å². The molecule has 2 aromatic rings. The van der Waals surface area contributed by atoms with Crippen molar-refractivity contribution in [3.8, 4) is 0 Å². The Morgan fingerprint density at radius 1 is 1.08 bits per heavy atom. The summed E-state index contributed by atoms with van der Waals surface area (Å²) < 4.78 is 13.1. The first-order chi connectivity index (χ1) is 11.7. The molecule has 1 atom stereocenters. The van der Waals surface area contributed by atoms with Gasteiger partial charge in [-0.1, -0.05) is 25.0 Å². The van der Waals surface area contributed by atoms with Gasteiger partial charge in [0.2, 0.25) is 5.95 Å². The van der Waals surface area contributed by atoms with Crippen LogP contribution in [0, 0.1) is 5.82 Å². The number of anilines is 1. The van der Waals surface area contributed by atoms with Gasteiger partial charge in [-0.05, 0) is 42.9 Å². The fraction of sp³-hybridized carbons (Fsp3) is 0.421. The van der Waals surface area contributed by atoms with Crippen LogP contribution < -0.4 is 5.32 Å². The predicted molar refractivity (Wildman–Crippen MR) is 89.7 cm³/mol. The summed E-state index contributed by atoms with van der Waals surface area (Å²) >= 11 is 0. The number of Topliss-reactive ketones (excluding diaryl/α,β-unsaturated/α-hetero) is 1. The third-order valence-electron chi connectivity index (χ3n) is 5.07. The van der Waals surface area contributed by atoms with Gasteiger partial charge in [0.05, 0.1) is 11.3 Å². The van der Waals surface area contributed by atoms with Crippen molar-refractivity contribution in [2.24, 2.45) is 0 Å². The smallest absolute Gasteiger partial charge is 0.223 e. The van der Waals surface area contributed by atoms with Crippen LogP contribution in [0.2, 0.25) is 0 Å². The molecule has 1 fully saturated rings. The Bertz CT molecular complexity index is 754. The summed E-state index contributed by atoms with van der Waals surface area (Å²) in [5.74, 6) is 0.484. The van der Waals surface area contributed by atoms with E-state index in [1.165, 1.54) is 25.0 Å². The van der Waals surface area contributed by atoms with Crippen LogP contribution in [0.25, 0.3) is 0 Å². The van der Waals surface area contributed by atoms with Crippen molar-refractivity contribution < 1.29 is 9.18 Å². The minimum Gasteiger partial charge on any atom is -0.351 e. The Hall–Kier alpha value is -2.30. The minimum absolute atomic E-state index is 0.0554.